The minimum atomic E-state index is -3.93. The fourth-order valence-electron chi connectivity index (χ4n) is 2.31. The molecule has 0 bridgehead atoms. The Morgan fingerprint density at radius 1 is 1.32 bits per heavy atom. The largest absolute Gasteiger partial charge is 0.486 e. The Labute approximate surface area is 126 Å². The topological polar surface area (TPSA) is 64.4 Å². The van der Waals surface area contributed by atoms with Crippen LogP contribution in [-0.4, -0.2) is 31.3 Å². The fourth-order valence-corrected chi connectivity index (χ4v) is 3.95. The number of fused-ring (bicyclic) bond motifs is 1. The van der Waals surface area contributed by atoms with Crippen molar-refractivity contribution in [2.45, 2.75) is 11.8 Å². The predicted molar refractivity (Wildman–Crippen MR) is 74.3 cm³/mol. The van der Waals surface area contributed by atoms with Gasteiger partial charge in [-0.1, -0.05) is 0 Å². The van der Waals surface area contributed by atoms with Crippen LogP contribution in [0.5, 0.6) is 5.75 Å². The molecule has 22 heavy (non-hydrogen) atoms. The van der Waals surface area contributed by atoms with E-state index in [4.69, 9.17) is 4.74 Å². The average Bonchev–Trinajstić information content (AvgIpc) is 2.83. The molecule has 1 aromatic heterocycles. The third-order valence-corrected chi connectivity index (χ3v) is 5.51. The first kappa shape index (κ1) is 14.8. The summed E-state index contributed by atoms with van der Waals surface area (Å²) in [6.45, 7) is 1.56. The lowest BCUT2D eigenvalue weighted by molar-refractivity contribution is 0.293. The van der Waals surface area contributed by atoms with E-state index < -0.39 is 27.4 Å². The second-order valence-electron chi connectivity index (χ2n) is 4.85. The van der Waals surface area contributed by atoms with Gasteiger partial charge in [-0.05, 0) is 19.1 Å². The van der Waals surface area contributed by atoms with Gasteiger partial charge in [0.05, 0.1) is 24.1 Å². The van der Waals surface area contributed by atoms with Crippen molar-refractivity contribution in [3.05, 3.63) is 35.7 Å². The van der Waals surface area contributed by atoms with Crippen molar-refractivity contribution in [3.8, 4) is 5.75 Å². The van der Waals surface area contributed by atoms with Gasteiger partial charge in [-0.3, -0.25) is 8.99 Å². The third kappa shape index (κ3) is 2.04. The molecule has 1 aliphatic heterocycles. The summed E-state index contributed by atoms with van der Waals surface area (Å²) < 4.78 is 60.2. The molecular weight excluding hydrogens is 316 g/mol. The van der Waals surface area contributed by atoms with Crippen molar-refractivity contribution in [2.75, 3.05) is 17.5 Å². The van der Waals surface area contributed by atoms with Crippen LogP contribution in [0.4, 0.5) is 14.5 Å². The van der Waals surface area contributed by atoms with Crippen molar-refractivity contribution in [3.63, 3.8) is 0 Å². The Hall–Kier alpha value is -2.16. The summed E-state index contributed by atoms with van der Waals surface area (Å²) >= 11 is 0. The molecule has 6 nitrogen and oxygen atoms in total. The highest BCUT2D eigenvalue weighted by Gasteiger charge is 2.34. The zero-order chi connectivity index (χ0) is 16.1. The molecule has 0 spiro atoms. The van der Waals surface area contributed by atoms with E-state index in [0.29, 0.717) is 5.69 Å². The van der Waals surface area contributed by atoms with Gasteiger partial charge in [0.2, 0.25) is 5.82 Å². The van der Waals surface area contributed by atoms with Gasteiger partial charge in [-0.2, -0.15) is 9.49 Å². The third-order valence-electron chi connectivity index (χ3n) is 3.60. The second kappa shape index (κ2) is 4.94. The lowest BCUT2D eigenvalue weighted by atomic mass is 10.2. The van der Waals surface area contributed by atoms with Crippen LogP contribution < -0.4 is 9.04 Å². The van der Waals surface area contributed by atoms with Crippen molar-refractivity contribution >= 4 is 15.7 Å². The number of halogens is 2. The van der Waals surface area contributed by atoms with Crippen molar-refractivity contribution < 1.29 is 21.9 Å². The minimum Gasteiger partial charge on any atom is -0.486 e. The molecule has 0 atom stereocenters. The molecule has 118 valence electrons. The van der Waals surface area contributed by atoms with Crippen LogP contribution in [0.25, 0.3) is 0 Å². The molecule has 0 N–H and O–H groups in total. The molecule has 0 radical (unpaired) electrons. The minimum absolute atomic E-state index is 0.00867. The first-order valence-electron chi connectivity index (χ1n) is 6.46. The molecule has 0 unspecified atom stereocenters. The van der Waals surface area contributed by atoms with E-state index in [1.54, 1.807) is 14.0 Å². The van der Waals surface area contributed by atoms with Crippen LogP contribution in [0.1, 0.15) is 5.69 Å². The van der Waals surface area contributed by atoms with Crippen LogP contribution in [0, 0.1) is 18.6 Å². The van der Waals surface area contributed by atoms with Crippen LogP contribution in [0.2, 0.25) is 0 Å². The summed E-state index contributed by atoms with van der Waals surface area (Å²) in [6, 6.07) is 2.07. The Bertz CT molecular complexity index is 848. The molecule has 0 saturated heterocycles. The van der Waals surface area contributed by atoms with Gasteiger partial charge in [0.1, 0.15) is 11.5 Å². The number of hydrogen-bond acceptors (Lipinski definition) is 4. The molecule has 2 heterocycles. The van der Waals surface area contributed by atoms with Crippen molar-refractivity contribution in [1.29, 1.82) is 0 Å². The van der Waals surface area contributed by atoms with Gasteiger partial charge < -0.3 is 4.74 Å². The molecule has 0 amide bonds. The van der Waals surface area contributed by atoms with Crippen LogP contribution >= 0.6 is 0 Å². The summed E-state index contributed by atoms with van der Waals surface area (Å²) in [4.78, 5) is 0.0209. The Balaban J connectivity index is 2.15. The quantitative estimate of drug-likeness (QED) is 0.839. The zero-order valence-electron chi connectivity index (χ0n) is 11.9. The standard InChI is InChI=1S/C13H13F2N3O3S/c1-8-11(7-16-17(8)2)22(19,20)18-5-6-21-13-10(18)4-3-9(14)12(13)15/h3-4,7H,5-6H2,1-2H3. The zero-order valence-corrected chi connectivity index (χ0v) is 12.7. The van der Waals surface area contributed by atoms with E-state index in [2.05, 4.69) is 5.10 Å². The van der Waals surface area contributed by atoms with Crippen LogP contribution in [-0.2, 0) is 17.1 Å². The molecule has 0 aliphatic carbocycles. The Kier molecular flexibility index (Phi) is 3.32. The maximum atomic E-state index is 13.8. The highest BCUT2D eigenvalue weighted by molar-refractivity contribution is 7.92. The molecule has 3 rings (SSSR count). The van der Waals surface area contributed by atoms with Crippen molar-refractivity contribution in [1.82, 2.24) is 9.78 Å². The summed E-state index contributed by atoms with van der Waals surface area (Å²) in [5.41, 5.74) is 0.434. The normalized spacial score (nSPS) is 14.6. The second-order valence-corrected chi connectivity index (χ2v) is 6.68. The van der Waals surface area contributed by atoms with Crippen molar-refractivity contribution in [2.24, 2.45) is 7.05 Å². The van der Waals surface area contributed by atoms with Crippen LogP contribution in [0.15, 0.2) is 23.2 Å². The Morgan fingerprint density at radius 2 is 2.05 bits per heavy atom. The predicted octanol–water partition coefficient (Wildman–Crippen LogP) is 1.59. The molecule has 2 aromatic rings. The van der Waals surface area contributed by atoms with E-state index in [0.717, 1.165) is 10.4 Å². The molecular formula is C13H13F2N3O3S. The number of anilines is 1. The maximum absolute atomic E-state index is 13.8. The summed E-state index contributed by atoms with van der Waals surface area (Å²) in [5.74, 6) is -2.67. The molecule has 0 saturated carbocycles. The first-order valence-corrected chi connectivity index (χ1v) is 7.90. The van der Waals surface area contributed by atoms with Gasteiger partial charge in [0, 0.05) is 7.05 Å². The fraction of sp³-hybridized carbons (Fsp3) is 0.308. The average molecular weight is 329 g/mol. The number of aromatic nitrogens is 2. The number of benzene rings is 1. The highest BCUT2D eigenvalue weighted by atomic mass is 32.2. The first-order chi connectivity index (χ1) is 10.3. The number of sulfonamides is 1. The Morgan fingerprint density at radius 3 is 2.68 bits per heavy atom. The van der Waals surface area contributed by atoms with Gasteiger partial charge in [0.25, 0.3) is 10.0 Å². The van der Waals surface area contributed by atoms with E-state index in [1.165, 1.54) is 16.9 Å². The summed E-state index contributed by atoms with van der Waals surface area (Å²) in [6.07, 6.45) is 1.24. The smallest absolute Gasteiger partial charge is 0.267 e. The molecule has 1 aromatic carbocycles. The SMILES string of the molecule is Cc1c(S(=O)(=O)N2CCOc3c2ccc(F)c3F)cnn1C. The number of nitrogens with zero attached hydrogens (tertiary/aromatic N) is 3. The van der Waals surface area contributed by atoms with Gasteiger partial charge in [-0.25, -0.2) is 12.8 Å². The summed E-state index contributed by atoms with van der Waals surface area (Å²) in [5, 5.41) is 3.91. The highest BCUT2D eigenvalue weighted by Crippen LogP contribution is 2.38. The number of hydrogen-bond donors (Lipinski definition) is 0. The summed E-state index contributed by atoms with van der Waals surface area (Å²) in [7, 11) is -2.31. The monoisotopic (exact) mass is 329 g/mol. The lowest BCUT2D eigenvalue weighted by Gasteiger charge is -2.30. The number of rotatable bonds is 2. The molecule has 9 heteroatoms. The van der Waals surface area contributed by atoms with E-state index in [1.807, 2.05) is 0 Å². The maximum Gasteiger partial charge on any atom is 0.267 e. The van der Waals surface area contributed by atoms with Gasteiger partial charge in [0.15, 0.2) is 11.6 Å². The number of ether oxygens (including phenoxy) is 1. The molecule has 0 fully saturated rings. The molecule has 1 aliphatic rings. The van der Waals surface area contributed by atoms with Crippen LogP contribution in [0.3, 0.4) is 0 Å². The van der Waals surface area contributed by atoms with Gasteiger partial charge in [-0.15, -0.1) is 0 Å². The van der Waals surface area contributed by atoms with E-state index in [9.17, 15) is 17.2 Å². The van der Waals surface area contributed by atoms with E-state index >= 15 is 0 Å². The van der Waals surface area contributed by atoms with E-state index in [-0.39, 0.29) is 23.7 Å². The van der Waals surface area contributed by atoms with Gasteiger partial charge >= 0.3 is 0 Å². The number of aryl methyl sites for hydroxylation is 1. The lowest BCUT2D eigenvalue weighted by Crippen LogP contribution is -2.38.